The minimum absolute atomic E-state index is 0.00629. The van der Waals surface area contributed by atoms with E-state index in [0.717, 1.165) is 0 Å². The monoisotopic (exact) mass is 197 g/mol. The molecule has 80 valence electrons. The lowest BCUT2D eigenvalue weighted by Gasteiger charge is -2.11. The summed E-state index contributed by atoms with van der Waals surface area (Å²) >= 11 is 0. The van der Waals surface area contributed by atoms with E-state index in [-0.39, 0.29) is 6.10 Å². The van der Waals surface area contributed by atoms with Crippen molar-refractivity contribution in [3.63, 3.8) is 0 Å². The lowest BCUT2D eigenvalue weighted by Crippen LogP contribution is -2.24. The zero-order valence-electron chi connectivity index (χ0n) is 9.45. The molecule has 2 N–H and O–H groups in total. The van der Waals surface area contributed by atoms with Crippen molar-refractivity contribution < 1.29 is 9.68 Å². The van der Waals surface area contributed by atoms with Crippen molar-refractivity contribution in [2.24, 2.45) is 0 Å². The summed E-state index contributed by atoms with van der Waals surface area (Å²) in [7, 11) is -0.916. The average molecular weight is 197 g/mol. The highest BCUT2D eigenvalue weighted by Crippen LogP contribution is 2.01. The van der Waals surface area contributed by atoms with Gasteiger partial charge in [-0.1, -0.05) is 6.58 Å². The molecule has 0 aromatic carbocycles. The van der Waals surface area contributed by atoms with Gasteiger partial charge in [-0.2, -0.15) is 0 Å². The maximum absolute atomic E-state index is 9.45. The first-order valence-corrected chi connectivity index (χ1v) is 4.88. The lowest BCUT2D eigenvalue weighted by atomic mass is 9.79. The first kappa shape index (κ1) is 13.3. The van der Waals surface area contributed by atoms with Gasteiger partial charge in [-0.25, -0.2) is 0 Å². The van der Waals surface area contributed by atoms with E-state index in [2.05, 4.69) is 11.9 Å². The minimum Gasteiger partial charge on any atom is -0.423 e. The van der Waals surface area contributed by atoms with Crippen LogP contribution in [0.2, 0.25) is 0 Å². The van der Waals surface area contributed by atoms with Crippen LogP contribution in [0.4, 0.5) is 0 Å². The molecular formula is C10H20BNO2. The second kappa shape index (κ2) is 6.68. The van der Waals surface area contributed by atoms with Crippen molar-refractivity contribution in [2.75, 3.05) is 0 Å². The molecule has 0 heterocycles. The fourth-order valence-corrected chi connectivity index (χ4v) is 0.775. The van der Waals surface area contributed by atoms with Crippen LogP contribution < -0.4 is 5.32 Å². The third-order valence-corrected chi connectivity index (χ3v) is 1.45. The Kier molecular flexibility index (Phi) is 6.33. The van der Waals surface area contributed by atoms with Crippen LogP contribution in [0.5, 0.6) is 0 Å². The normalized spacial score (nSPS) is 11.4. The minimum atomic E-state index is -0.916. The van der Waals surface area contributed by atoms with Crippen molar-refractivity contribution in [2.45, 2.75) is 39.8 Å². The molecule has 4 heteroatoms. The summed E-state index contributed by atoms with van der Waals surface area (Å²) in [5.41, 5.74) is 0.548. The SMILES string of the molecule is C=C(/C=C\NC(C)C)B(O)OC(C)C. The predicted molar refractivity (Wildman–Crippen MR) is 60.7 cm³/mol. The third-order valence-electron chi connectivity index (χ3n) is 1.45. The van der Waals surface area contributed by atoms with Crippen molar-refractivity contribution in [1.29, 1.82) is 0 Å². The Bertz CT molecular complexity index is 202. The molecular weight excluding hydrogens is 177 g/mol. The van der Waals surface area contributed by atoms with Crippen LogP contribution in [0.15, 0.2) is 24.3 Å². The molecule has 0 aromatic heterocycles. The predicted octanol–water partition coefficient (Wildman–Crippen LogP) is 1.50. The highest BCUT2D eigenvalue weighted by molar-refractivity contribution is 6.53. The van der Waals surface area contributed by atoms with Gasteiger partial charge in [0, 0.05) is 12.1 Å². The van der Waals surface area contributed by atoms with Crippen LogP contribution in [0.25, 0.3) is 0 Å². The molecule has 14 heavy (non-hydrogen) atoms. The average Bonchev–Trinajstić information content (AvgIpc) is 2.01. The number of allylic oxidation sites excluding steroid dienone is 2. The smallest absolute Gasteiger partial charge is 0.423 e. The van der Waals surface area contributed by atoms with Crippen LogP contribution in [-0.4, -0.2) is 24.3 Å². The van der Waals surface area contributed by atoms with Crippen molar-refractivity contribution in [3.05, 3.63) is 24.3 Å². The van der Waals surface area contributed by atoms with Crippen LogP contribution in [0.3, 0.4) is 0 Å². The number of hydrogen-bond acceptors (Lipinski definition) is 3. The maximum atomic E-state index is 9.45. The molecule has 0 atom stereocenters. The van der Waals surface area contributed by atoms with E-state index in [1.54, 1.807) is 12.3 Å². The molecule has 0 radical (unpaired) electrons. The molecule has 0 aromatic rings. The number of nitrogens with one attached hydrogen (secondary N) is 1. The topological polar surface area (TPSA) is 41.5 Å². The molecule has 0 fully saturated rings. The lowest BCUT2D eigenvalue weighted by molar-refractivity contribution is 0.204. The van der Waals surface area contributed by atoms with Crippen molar-refractivity contribution in [1.82, 2.24) is 5.32 Å². The third kappa shape index (κ3) is 6.75. The maximum Gasteiger partial charge on any atom is 0.490 e. The highest BCUT2D eigenvalue weighted by atomic mass is 16.5. The molecule has 0 saturated carbocycles. The van der Waals surface area contributed by atoms with E-state index in [4.69, 9.17) is 4.65 Å². The summed E-state index contributed by atoms with van der Waals surface area (Å²) < 4.78 is 5.15. The van der Waals surface area contributed by atoms with Gasteiger partial charge in [-0.3, -0.25) is 0 Å². The van der Waals surface area contributed by atoms with Crippen LogP contribution in [-0.2, 0) is 4.65 Å². The fourth-order valence-electron chi connectivity index (χ4n) is 0.775. The van der Waals surface area contributed by atoms with E-state index < -0.39 is 7.12 Å². The van der Waals surface area contributed by atoms with E-state index in [9.17, 15) is 5.02 Å². The summed E-state index contributed by atoms with van der Waals surface area (Å²) in [6.07, 6.45) is 3.47. The quantitative estimate of drug-likeness (QED) is 0.500. The fraction of sp³-hybridized carbons (Fsp3) is 0.600. The van der Waals surface area contributed by atoms with E-state index >= 15 is 0 Å². The number of hydrogen-bond donors (Lipinski definition) is 2. The highest BCUT2D eigenvalue weighted by Gasteiger charge is 2.16. The van der Waals surface area contributed by atoms with Crippen LogP contribution in [0.1, 0.15) is 27.7 Å². The molecule has 0 amide bonds. The Morgan fingerprint density at radius 3 is 2.43 bits per heavy atom. The number of rotatable bonds is 6. The Labute approximate surface area is 87.0 Å². The van der Waals surface area contributed by atoms with Crippen molar-refractivity contribution >= 4 is 7.12 Å². The Hall–Kier alpha value is -0.735. The molecule has 0 spiro atoms. The molecule has 0 aliphatic rings. The Morgan fingerprint density at radius 1 is 1.43 bits per heavy atom. The van der Waals surface area contributed by atoms with Gasteiger partial charge >= 0.3 is 7.12 Å². The van der Waals surface area contributed by atoms with Crippen molar-refractivity contribution in [3.8, 4) is 0 Å². The molecule has 0 bridgehead atoms. The van der Waals surface area contributed by atoms with Gasteiger partial charge in [0.1, 0.15) is 0 Å². The van der Waals surface area contributed by atoms with E-state index in [1.165, 1.54) is 0 Å². The van der Waals surface area contributed by atoms with Gasteiger partial charge in [0.2, 0.25) is 0 Å². The molecule has 0 saturated heterocycles. The zero-order chi connectivity index (χ0) is 11.1. The summed E-state index contributed by atoms with van der Waals surface area (Å²) in [5, 5.41) is 12.5. The van der Waals surface area contributed by atoms with Crippen LogP contribution in [0, 0.1) is 0 Å². The zero-order valence-corrected chi connectivity index (χ0v) is 9.45. The molecule has 0 rings (SSSR count). The van der Waals surface area contributed by atoms with Gasteiger partial charge in [-0.05, 0) is 45.4 Å². The van der Waals surface area contributed by atoms with E-state index in [0.29, 0.717) is 11.5 Å². The van der Waals surface area contributed by atoms with Crippen LogP contribution >= 0.6 is 0 Å². The van der Waals surface area contributed by atoms with Gasteiger partial charge in [-0.15, -0.1) is 0 Å². The van der Waals surface area contributed by atoms with Gasteiger partial charge in [0.15, 0.2) is 0 Å². The summed E-state index contributed by atoms with van der Waals surface area (Å²) in [6, 6.07) is 0.377. The molecule has 0 unspecified atom stereocenters. The summed E-state index contributed by atoms with van der Waals surface area (Å²) in [5.74, 6) is 0. The second-order valence-electron chi connectivity index (χ2n) is 3.77. The largest absolute Gasteiger partial charge is 0.490 e. The molecule has 0 aliphatic heterocycles. The standard InChI is InChI=1S/C10H20BNO2/c1-8(2)12-7-6-10(5)11(13)14-9(3)4/h6-9,12-13H,5H2,1-4H3/b7-6-. The van der Waals surface area contributed by atoms with E-state index in [1.807, 2.05) is 27.7 Å². The first-order chi connectivity index (χ1) is 6.43. The van der Waals surface area contributed by atoms with Gasteiger partial charge in [0.25, 0.3) is 0 Å². The summed E-state index contributed by atoms with van der Waals surface area (Å²) in [6.45, 7) is 11.5. The van der Waals surface area contributed by atoms with Gasteiger partial charge < -0.3 is 15.0 Å². The summed E-state index contributed by atoms with van der Waals surface area (Å²) in [4.78, 5) is 0. The molecule has 0 aliphatic carbocycles. The van der Waals surface area contributed by atoms with Gasteiger partial charge in [0.05, 0.1) is 0 Å². The first-order valence-electron chi connectivity index (χ1n) is 4.88. The Balaban J connectivity index is 3.89. The second-order valence-corrected chi connectivity index (χ2v) is 3.77. The Morgan fingerprint density at radius 2 is 2.00 bits per heavy atom. The molecule has 3 nitrogen and oxygen atoms in total.